The fourth-order valence-electron chi connectivity index (χ4n) is 2.71. The summed E-state index contributed by atoms with van der Waals surface area (Å²) < 4.78 is 135. The number of para-hydroxylation sites is 2. The Bertz CT molecular complexity index is 827. The molecule has 30 heavy (non-hydrogen) atoms. The van der Waals surface area contributed by atoms with Gasteiger partial charge in [-0.15, -0.1) is 0 Å². The van der Waals surface area contributed by atoms with Crippen molar-refractivity contribution in [2.45, 2.75) is 62.7 Å². The second kappa shape index (κ2) is 8.18. The van der Waals surface area contributed by atoms with E-state index in [2.05, 4.69) is 9.98 Å². The monoisotopic (exact) mass is 450 g/mol. The third-order valence-corrected chi connectivity index (χ3v) is 4.42. The Morgan fingerprint density at radius 1 is 0.800 bits per heavy atom. The lowest BCUT2D eigenvalue weighted by Gasteiger charge is -2.34. The number of halogens is 10. The standard InChI is InChI=1S/C18H16F10N2/c1-2-3-4-9-12-13(19)14(30-11-8-6-5-7-10(11)29-12)15(20,21)16(22,23)17(24,25)18(26,27)28/h5-8,13H,2-4,9H2,1H3. The van der Waals surface area contributed by atoms with E-state index in [1.165, 1.54) is 18.2 Å². The summed E-state index contributed by atoms with van der Waals surface area (Å²) >= 11 is 0. The van der Waals surface area contributed by atoms with Crippen LogP contribution in [0.5, 0.6) is 0 Å². The van der Waals surface area contributed by atoms with Gasteiger partial charge in [-0.05, 0) is 25.0 Å². The van der Waals surface area contributed by atoms with Gasteiger partial charge in [0.25, 0.3) is 0 Å². The van der Waals surface area contributed by atoms with Crippen LogP contribution in [-0.2, 0) is 0 Å². The van der Waals surface area contributed by atoms with Crippen LogP contribution in [0.3, 0.4) is 0 Å². The van der Waals surface area contributed by atoms with E-state index in [0.29, 0.717) is 12.8 Å². The number of aliphatic imine (C=N–C) groups is 2. The first-order valence-electron chi connectivity index (χ1n) is 8.78. The van der Waals surface area contributed by atoms with E-state index in [4.69, 9.17) is 0 Å². The van der Waals surface area contributed by atoms with Crippen molar-refractivity contribution in [3.05, 3.63) is 24.3 Å². The molecular weight excluding hydrogens is 434 g/mol. The van der Waals surface area contributed by atoms with Gasteiger partial charge < -0.3 is 0 Å². The van der Waals surface area contributed by atoms with Gasteiger partial charge in [0.2, 0.25) is 0 Å². The first kappa shape index (κ1) is 24.1. The quantitative estimate of drug-likeness (QED) is 0.309. The molecule has 1 heterocycles. The lowest BCUT2D eigenvalue weighted by atomic mass is 9.93. The van der Waals surface area contributed by atoms with E-state index < -0.39 is 47.2 Å². The average Bonchev–Trinajstić information content (AvgIpc) is 2.78. The fraction of sp³-hybridized carbons (Fsp3) is 0.556. The molecule has 0 saturated carbocycles. The zero-order chi connectivity index (χ0) is 23.0. The lowest BCUT2D eigenvalue weighted by Crippen LogP contribution is -2.64. The van der Waals surface area contributed by atoms with Crippen molar-refractivity contribution < 1.29 is 43.9 Å². The maximum Gasteiger partial charge on any atom is 0.460 e. The van der Waals surface area contributed by atoms with Gasteiger partial charge in [0, 0.05) is 0 Å². The van der Waals surface area contributed by atoms with Crippen molar-refractivity contribution in [3.8, 4) is 0 Å². The molecule has 168 valence electrons. The molecule has 0 radical (unpaired) electrons. The maximum atomic E-state index is 14.9. The largest absolute Gasteiger partial charge is 0.460 e. The molecule has 1 aromatic carbocycles. The molecule has 12 heteroatoms. The van der Waals surface area contributed by atoms with Crippen LogP contribution in [0, 0.1) is 0 Å². The normalized spacial score (nSPS) is 18.4. The minimum Gasteiger partial charge on any atom is -0.252 e. The van der Waals surface area contributed by atoms with Crippen LogP contribution >= 0.6 is 0 Å². The van der Waals surface area contributed by atoms with Crippen molar-refractivity contribution in [2.75, 3.05) is 0 Å². The van der Waals surface area contributed by atoms with E-state index in [1.807, 2.05) is 0 Å². The Morgan fingerprint density at radius 3 is 1.83 bits per heavy atom. The topological polar surface area (TPSA) is 24.7 Å². The van der Waals surface area contributed by atoms with Crippen LogP contribution < -0.4 is 0 Å². The first-order valence-corrected chi connectivity index (χ1v) is 8.78. The van der Waals surface area contributed by atoms with E-state index in [-0.39, 0.29) is 18.5 Å². The van der Waals surface area contributed by atoms with E-state index in [9.17, 15) is 43.9 Å². The summed E-state index contributed by atoms with van der Waals surface area (Å²) in [5, 5.41) is 0. The molecule has 1 atom stereocenters. The van der Waals surface area contributed by atoms with Crippen LogP contribution in [0.1, 0.15) is 32.6 Å². The van der Waals surface area contributed by atoms with Crippen LogP contribution in [0.25, 0.3) is 0 Å². The summed E-state index contributed by atoms with van der Waals surface area (Å²) in [5.74, 6) is -20.4. The molecule has 0 spiro atoms. The predicted octanol–water partition coefficient (Wildman–Crippen LogP) is 7.23. The lowest BCUT2D eigenvalue weighted by molar-refractivity contribution is -0.385. The minimum absolute atomic E-state index is 0.200. The van der Waals surface area contributed by atoms with Gasteiger partial charge in [-0.1, -0.05) is 31.9 Å². The summed E-state index contributed by atoms with van der Waals surface area (Å²) in [6.07, 6.45) is -9.19. The molecule has 0 amide bonds. The number of alkyl halides is 10. The molecule has 0 fully saturated rings. The number of hydrogen-bond acceptors (Lipinski definition) is 2. The van der Waals surface area contributed by atoms with E-state index in [1.54, 1.807) is 6.92 Å². The number of unbranched alkanes of at least 4 members (excludes halogenated alkanes) is 2. The van der Waals surface area contributed by atoms with Crippen molar-refractivity contribution in [1.82, 2.24) is 0 Å². The summed E-state index contributed by atoms with van der Waals surface area (Å²) in [7, 11) is 0. The van der Waals surface area contributed by atoms with Gasteiger partial charge in [0.15, 0.2) is 6.17 Å². The SMILES string of the molecule is CCCCCC1=Nc2ccccc2N=C(C(F)(F)C(F)(F)C(F)(F)C(F)(F)F)C1F. The molecule has 1 unspecified atom stereocenters. The molecule has 1 aliphatic rings. The van der Waals surface area contributed by atoms with Gasteiger partial charge in [0.1, 0.15) is 5.71 Å². The fourth-order valence-corrected chi connectivity index (χ4v) is 2.71. The molecule has 2 nitrogen and oxygen atoms in total. The summed E-state index contributed by atoms with van der Waals surface area (Å²) in [5.41, 5.74) is -3.93. The first-order chi connectivity index (χ1) is 13.7. The molecular formula is C18H16F10N2. The number of nitrogens with zero attached hydrogens (tertiary/aromatic N) is 2. The van der Waals surface area contributed by atoms with Crippen LogP contribution in [0.2, 0.25) is 0 Å². The smallest absolute Gasteiger partial charge is 0.252 e. The molecule has 1 aromatic rings. The molecule has 0 saturated heterocycles. The zero-order valence-corrected chi connectivity index (χ0v) is 15.4. The van der Waals surface area contributed by atoms with E-state index >= 15 is 0 Å². The van der Waals surface area contributed by atoms with Crippen molar-refractivity contribution in [2.24, 2.45) is 9.98 Å². The van der Waals surface area contributed by atoms with E-state index in [0.717, 1.165) is 6.07 Å². The van der Waals surface area contributed by atoms with Gasteiger partial charge in [0.05, 0.1) is 17.1 Å². The van der Waals surface area contributed by atoms with Crippen molar-refractivity contribution in [3.63, 3.8) is 0 Å². The highest BCUT2D eigenvalue weighted by Crippen LogP contribution is 2.54. The summed E-state index contributed by atoms with van der Waals surface area (Å²) in [4.78, 5) is 6.82. The van der Waals surface area contributed by atoms with Crippen LogP contribution in [0.15, 0.2) is 34.3 Å². The molecule has 0 N–H and O–H groups in total. The van der Waals surface area contributed by atoms with Crippen molar-refractivity contribution in [1.29, 1.82) is 0 Å². The molecule has 0 bridgehead atoms. The second-order valence-electron chi connectivity index (χ2n) is 6.63. The molecule has 2 rings (SSSR count). The van der Waals surface area contributed by atoms with Gasteiger partial charge in [-0.25, -0.2) is 9.38 Å². The Kier molecular flexibility index (Phi) is 6.58. The summed E-state index contributed by atoms with van der Waals surface area (Å²) in [6, 6.07) is 4.71. The molecule has 0 aliphatic carbocycles. The van der Waals surface area contributed by atoms with Crippen molar-refractivity contribution >= 4 is 22.8 Å². The maximum absolute atomic E-state index is 14.9. The predicted molar refractivity (Wildman–Crippen MR) is 90.6 cm³/mol. The zero-order valence-electron chi connectivity index (χ0n) is 15.4. The Labute approximate surface area is 164 Å². The molecule has 0 aromatic heterocycles. The number of hydrogen-bond donors (Lipinski definition) is 0. The van der Waals surface area contributed by atoms with Gasteiger partial charge in [-0.3, -0.25) is 4.99 Å². The second-order valence-corrected chi connectivity index (χ2v) is 6.63. The van der Waals surface area contributed by atoms with Gasteiger partial charge >= 0.3 is 23.9 Å². The Balaban J connectivity index is 2.63. The van der Waals surface area contributed by atoms with Crippen LogP contribution in [-0.4, -0.2) is 41.5 Å². The number of benzene rings is 1. The highest BCUT2D eigenvalue weighted by molar-refractivity contribution is 6.16. The van der Waals surface area contributed by atoms with Crippen LogP contribution in [0.4, 0.5) is 55.3 Å². The average molecular weight is 450 g/mol. The Hall–Kier alpha value is -2.14. The number of rotatable bonds is 7. The summed E-state index contributed by atoms with van der Waals surface area (Å²) in [6.45, 7) is 1.76. The molecule has 1 aliphatic heterocycles. The highest BCUT2D eigenvalue weighted by atomic mass is 19.4. The number of fused-ring (bicyclic) bond motifs is 1. The Morgan fingerprint density at radius 2 is 1.33 bits per heavy atom. The highest BCUT2D eigenvalue weighted by Gasteiger charge is 2.83. The minimum atomic E-state index is -7.14. The van der Waals surface area contributed by atoms with Gasteiger partial charge in [-0.2, -0.15) is 39.5 Å². The third-order valence-electron chi connectivity index (χ3n) is 4.42. The third kappa shape index (κ3) is 4.04.